The summed E-state index contributed by atoms with van der Waals surface area (Å²) < 4.78 is 28.8. The molecule has 0 aromatic heterocycles. The molecule has 0 saturated carbocycles. The quantitative estimate of drug-likeness (QED) is 0.511. The standard InChI is InChI=1S/C26H38N4O4S/c1-8-15-27-26(32)22(5)29(17-23-13-10-19(2)11-14-23)25(31)18-30(35(33,34)28(6)7)24-16-20(3)9-12-21(24)4/h9-14,16,22H,8,15,17-18H2,1-7H3,(H,27,32). The molecular weight excluding hydrogens is 464 g/mol. The summed E-state index contributed by atoms with van der Waals surface area (Å²) in [5.41, 5.74) is 3.98. The molecule has 0 fully saturated rings. The lowest BCUT2D eigenvalue weighted by molar-refractivity contribution is -0.139. The van der Waals surface area contributed by atoms with Gasteiger partial charge in [0.2, 0.25) is 11.8 Å². The van der Waals surface area contributed by atoms with Crippen LogP contribution in [0.3, 0.4) is 0 Å². The number of carbonyl (C=O) groups excluding carboxylic acids is 2. The summed E-state index contributed by atoms with van der Waals surface area (Å²) in [4.78, 5) is 28.0. The normalized spacial score (nSPS) is 12.3. The van der Waals surface area contributed by atoms with Crippen LogP contribution in [0.25, 0.3) is 0 Å². The van der Waals surface area contributed by atoms with E-state index in [-0.39, 0.29) is 12.5 Å². The first-order valence-corrected chi connectivity index (χ1v) is 13.2. The molecule has 0 aliphatic carbocycles. The van der Waals surface area contributed by atoms with E-state index in [1.54, 1.807) is 13.0 Å². The third kappa shape index (κ3) is 7.29. The Morgan fingerprint density at radius 2 is 1.57 bits per heavy atom. The predicted octanol–water partition coefficient (Wildman–Crippen LogP) is 3.17. The van der Waals surface area contributed by atoms with Crippen molar-refractivity contribution in [2.24, 2.45) is 0 Å². The van der Waals surface area contributed by atoms with E-state index in [1.807, 2.05) is 64.1 Å². The summed E-state index contributed by atoms with van der Waals surface area (Å²) in [7, 11) is -1.11. The van der Waals surface area contributed by atoms with Gasteiger partial charge in [-0.05, 0) is 56.9 Å². The molecule has 0 spiro atoms. The van der Waals surface area contributed by atoms with Crippen molar-refractivity contribution in [3.63, 3.8) is 0 Å². The molecule has 0 aliphatic rings. The fourth-order valence-corrected chi connectivity index (χ4v) is 4.67. The van der Waals surface area contributed by atoms with Crippen molar-refractivity contribution >= 4 is 27.7 Å². The molecule has 0 radical (unpaired) electrons. The number of carbonyl (C=O) groups is 2. The molecule has 192 valence electrons. The zero-order valence-electron chi connectivity index (χ0n) is 21.8. The van der Waals surface area contributed by atoms with E-state index in [0.29, 0.717) is 12.2 Å². The van der Waals surface area contributed by atoms with Crippen LogP contribution in [-0.4, -0.2) is 62.7 Å². The van der Waals surface area contributed by atoms with Crippen LogP contribution in [-0.2, 0) is 26.3 Å². The molecular formula is C26H38N4O4S. The van der Waals surface area contributed by atoms with Gasteiger partial charge < -0.3 is 10.2 Å². The lowest BCUT2D eigenvalue weighted by atomic mass is 10.1. The number of nitrogens with one attached hydrogen (secondary N) is 1. The van der Waals surface area contributed by atoms with E-state index in [4.69, 9.17) is 0 Å². The number of hydrogen-bond donors (Lipinski definition) is 1. The maximum absolute atomic E-state index is 13.7. The van der Waals surface area contributed by atoms with Gasteiger partial charge in [0.05, 0.1) is 5.69 Å². The fraction of sp³-hybridized carbons (Fsp3) is 0.462. The average Bonchev–Trinajstić information content (AvgIpc) is 2.81. The summed E-state index contributed by atoms with van der Waals surface area (Å²) in [6, 6.07) is 12.4. The Kier molecular flexibility index (Phi) is 9.85. The number of benzene rings is 2. The largest absolute Gasteiger partial charge is 0.354 e. The van der Waals surface area contributed by atoms with Crippen LogP contribution in [0.1, 0.15) is 42.5 Å². The first-order chi connectivity index (χ1) is 16.4. The molecule has 2 aromatic rings. The van der Waals surface area contributed by atoms with Gasteiger partial charge in [-0.2, -0.15) is 12.7 Å². The molecule has 2 aromatic carbocycles. The van der Waals surface area contributed by atoms with Gasteiger partial charge >= 0.3 is 10.2 Å². The molecule has 35 heavy (non-hydrogen) atoms. The van der Waals surface area contributed by atoms with Crippen molar-refractivity contribution in [3.8, 4) is 0 Å². The van der Waals surface area contributed by atoms with Gasteiger partial charge in [0.1, 0.15) is 12.6 Å². The van der Waals surface area contributed by atoms with Gasteiger partial charge in [0, 0.05) is 27.2 Å². The molecule has 0 aliphatic heterocycles. The van der Waals surface area contributed by atoms with Crippen molar-refractivity contribution in [3.05, 3.63) is 64.7 Å². The Labute approximate surface area is 210 Å². The monoisotopic (exact) mass is 502 g/mol. The third-order valence-corrected chi connectivity index (χ3v) is 7.65. The number of rotatable bonds is 11. The molecule has 1 unspecified atom stereocenters. The molecule has 8 nitrogen and oxygen atoms in total. The Morgan fingerprint density at radius 1 is 0.971 bits per heavy atom. The smallest absolute Gasteiger partial charge is 0.304 e. The number of amides is 2. The molecule has 2 amide bonds. The zero-order chi connectivity index (χ0) is 26.3. The second-order valence-corrected chi connectivity index (χ2v) is 11.1. The number of aryl methyl sites for hydroxylation is 3. The third-order valence-electron chi connectivity index (χ3n) is 5.84. The molecule has 0 bridgehead atoms. The van der Waals surface area contributed by atoms with Gasteiger partial charge in [-0.1, -0.05) is 48.9 Å². The maximum Gasteiger partial charge on any atom is 0.304 e. The SMILES string of the molecule is CCCNC(=O)C(C)N(Cc1ccc(C)cc1)C(=O)CN(c1cc(C)ccc1C)S(=O)(=O)N(C)C. The first kappa shape index (κ1) is 28.3. The van der Waals surface area contributed by atoms with Gasteiger partial charge in [-0.25, -0.2) is 4.31 Å². The second-order valence-electron chi connectivity index (χ2n) is 9.06. The minimum Gasteiger partial charge on any atom is -0.354 e. The van der Waals surface area contributed by atoms with Crippen LogP contribution in [0.5, 0.6) is 0 Å². The highest BCUT2D eigenvalue weighted by Gasteiger charge is 2.33. The van der Waals surface area contributed by atoms with E-state index < -0.39 is 28.7 Å². The van der Waals surface area contributed by atoms with Gasteiger partial charge in [0.25, 0.3) is 0 Å². The summed E-state index contributed by atoms with van der Waals surface area (Å²) in [5, 5.41) is 2.84. The Balaban J connectivity index is 2.48. The minimum atomic E-state index is -3.98. The van der Waals surface area contributed by atoms with E-state index in [9.17, 15) is 18.0 Å². The first-order valence-electron chi connectivity index (χ1n) is 11.8. The van der Waals surface area contributed by atoms with Gasteiger partial charge in [0.15, 0.2) is 0 Å². The van der Waals surface area contributed by atoms with Crippen molar-refractivity contribution in [1.29, 1.82) is 0 Å². The fourth-order valence-electron chi connectivity index (χ4n) is 3.56. The molecule has 0 heterocycles. The summed E-state index contributed by atoms with van der Waals surface area (Å²) in [6.45, 7) is 9.52. The van der Waals surface area contributed by atoms with Crippen LogP contribution in [0.2, 0.25) is 0 Å². The molecule has 1 atom stereocenters. The van der Waals surface area contributed by atoms with Gasteiger partial charge in [-0.3, -0.25) is 9.59 Å². The van der Waals surface area contributed by atoms with Crippen LogP contribution in [0, 0.1) is 20.8 Å². The topological polar surface area (TPSA) is 90.0 Å². The summed E-state index contributed by atoms with van der Waals surface area (Å²) in [5.74, 6) is -0.739. The van der Waals surface area contributed by atoms with Crippen LogP contribution in [0.4, 0.5) is 5.69 Å². The molecule has 0 saturated heterocycles. The lowest BCUT2D eigenvalue weighted by Crippen LogP contribution is -2.52. The highest BCUT2D eigenvalue weighted by molar-refractivity contribution is 7.90. The zero-order valence-corrected chi connectivity index (χ0v) is 22.6. The maximum atomic E-state index is 13.7. The minimum absolute atomic E-state index is 0.183. The van der Waals surface area contributed by atoms with Crippen LogP contribution in [0.15, 0.2) is 42.5 Å². The van der Waals surface area contributed by atoms with E-state index in [2.05, 4.69) is 5.32 Å². The van der Waals surface area contributed by atoms with Crippen LogP contribution >= 0.6 is 0 Å². The summed E-state index contributed by atoms with van der Waals surface area (Å²) >= 11 is 0. The number of anilines is 1. The van der Waals surface area contributed by atoms with Crippen LogP contribution < -0.4 is 9.62 Å². The van der Waals surface area contributed by atoms with Crippen molar-refractivity contribution in [1.82, 2.24) is 14.5 Å². The lowest BCUT2D eigenvalue weighted by Gasteiger charge is -2.33. The molecule has 1 N–H and O–H groups in total. The average molecular weight is 503 g/mol. The van der Waals surface area contributed by atoms with Crippen molar-refractivity contribution < 1.29 is 18.0 Å². The van der Waals surface area contributed by atoms with Crippen molar-refractivity contribution in [2.45, 2.75) is 53.6 Å². The predicted molar refractivity (Wildman–Crippen MR) is 140 cm³/mol. The Morgan fingerprint density at radius 3 is 2.14 bits per heavy atom. The summed E-state index contributed by atoms with van der Waals surface area (Å²) in [6.07, 6.45) is 0.770. The van der Waals surface area contributed by atoms with E-state index in [1.165, 1.54) is 19.0 Å². The highest BCUT2D eigenvalue weighted by Crippen LogP contribution is 2.26. The molecule has 2 rings (SSSR count). The van der Waals surface area contributed by atoms with E-state index in [0.717, 1.165) is 37.3 Å². The van der Waals surface area contributed by atoms with Gasteiger partial charge in [-0.15, -0.1) is 0 Å². The number of hydrogen-bond acceptors (Lipinski definition) is 4. The van der Waals surface area contributed by atoms with E-state index >= 15 is 0 Å². The highest BCUT2D eigenvalue weighted by atomic mass is 32.2. The Bertz CT molecular complexity index is 1130. The Hall–Kier alpha value is -2.91. The number of nitrogens with zero attached hydrogens (tertiary/aromatic N) is 3. The van der Waals surface area contributed by atoms with Crippen molar-refractivity contribution in [2.75, 3.05) is 31.5 Å². The second kappa shape index (κ2) is 12.2. The molecule has 9 heteroatoms.